The fourth-order valence-corrected chi connectivity index (χ4v) is 3.64. The van der Waals surface area contributed by atoms with Gasteiger partial charge in [-0.25, -0.2) is 14.8 Å². The molecule has 0 aliphatic carbocycles. The van der Waals surface area contributed by atoms with Crippen LogP contribution in [0.1, 0.15) is 62.9 Å². The van der Waals surface area contributed by atoms with Crippen molar-refractivity contribution in [1.29, 1.82) is 0 Å². The number of aromatic amines is 1. The van der Waals surface area contributed by atoms with Crippen LogP contribution in [0, 0.1) is 34.6 Å². The zero-order chi connectivity index (χ0) is 19.6. The highest BCUT2D eigenvalue weighted by molar-refractivity contribution is 8.00. The van der Waals surface area contributed by atoms with Gasteiger partial charge in [0.2, 0.25) is 0 Å². The molecule has 0 aromatic carbocycles. The summed E-state index contributed by atoms with van der Waals surface area (Å²) >= 11 is 1.32. The number of hydrogen-bond acceptors (Lipinski definition) is 6. The monoisotopic (exact) mass is 375 g/mol. The second-order valence-electron chi connectivity index (χ2n) is 6.27. The third-order valence-corrected chi connectivity index (χ3v) is 5.39. The zero-order valence-corrected chi connectivity index (χ0v) is 17.1. The molecule has 0 radical (unpaired) electrons. The maximum Gasteiger partial charge on any atom is 0.340 e. The number of aromatic nitrogens is 3. The predicted octanol–water partition coefficient (Wildman–Crippen LogP) is 3.89. The summed E-state index contributed by atoms with van der Waals surface area (Å²) in [5.74, 6) is -0.503. The van der Waals surface area contributed by atoms with Gasteiger partial charge in [-0.3, -0.25) is 4.79 Å². The quantitative estimate of drug-likeness (QED) is 0.357. The van der Waals surface area contributed by atoms with E-state index in [0.29, 0.717) is 34.3 Å². The van der Waals surface area contributed by atoms with Crippen molar-refractivity contribution in [3.8, 4) is 0 Å². The lowest BCUT2D eigenvalue weighted by molar-refractivity contribution is 0.0525. The van der Waals surface area contributed by atoms with Crippen molar-refractivity contribution in [3.63, 3.8) is 0 Å². The third kappa shape index (κ3) is 3.98. The molecule has 6 nitrogen and oxygen atoms in total. The van der Waals surface area contributed by atoms with Gasteiger partial charge in [-0.15, -0.1) is 0 Å². The smallest absolute Gasteiger partial charge is 0.340 e. The number of nitrogens with zero attached hydrogens (tertiary/aromatic N) is 2. The first-order valence-corrected chi connectivity index (χ1v) is 9.44. The van der Waals surface area contributed by atoms with Crippen LogP contribution >= 0.6 is 11.8 Å². The van der Waals surface area contributed by atoms with Crippen LogP contribution in [0.25, 0.3) is 0 Å². The van der Waals surface area contributed by atoms with Crippen LogP contribution in [-0.2, 0) is 4.74 Å². The van der Waals surface area contributed by atoms with Crippen molar-refractivity contribution in [1.82, 2.24) is 15.0 Å². The van der Waals surface area contributed by atoms with Crippen LogP contribution in [0.4, 0.5) is 0 Å². The number of nitrogens with one attached hydrogen (secondary N) is 1. The summed E-state index contributed by atoms with van der Waals surface area (Å²) in [6.07, 6.45) is 0. The Hall–Kier alpha value is -2.15. The number of hydrogen-bond donors (Lipinski definition) is 1. The number of ketones is 1. The molecule has 26 heavy (non-hydrogen) atoms. The highest BCUT2D eigenvalue weighted by Gasteiger charge is 2.26. The molecule has 2 aromatic rings. The van der Waals surface area contributed by atoms with E-state index in [9.17, 15) is 9.59 Å². The molecule has 7 heteroatoms. The van der Waals surface area contributed by atoms with Crippen molar-refractivity contribution < 1.29 is 14.3 Å². The molecule has 0 spiro atoms. The molecular weight excluding hydrogens is 350 g/mol. The van der Waals surface area contributed by atoms with Gasteiger partial charge in [0.15, 0.2) is 10.9 Å². The molecule has 0 saturated carbocycles. The number of aryl methyl sites for hydroxylation is 3. The lowest BCUT2D eigenvalue weighted by atomic mass is 10.1. The standard InChI is InChI=1S/C19H25N3O3S/c1-8-25-18(24)15-10(3)16(20-13(15)6)17(23)14(7)26-19-21-11(4)9(2)12(5)22-19/h14,20H,8H2,1-7H3/t14-/m0/s1. The molecule has 0 bridgehead atoms. The van der Waals surface area contributed by atoms with Gasteiger partial charge in [-0.05, 0) is 59.6 Å². The zero-order valence-electron chi connectivity index (χ0n) is 16.3. The summed E-state index contributed by atoms with van der Waals surface area (Å²) in [4.78, 5) is 37.0. The Morgan fingerprint density at radius 3 is 2.19 bits per heavy atom. The van der Waals surface area contributed by atoms with Crippen molar-refractivity contribution >= 4 is 23.5 Å². The summed E-state index contributed by atoms with van der Waals surface area (Å²) in [6, 6.07) is 0. The third-order valence-electron chi connectivity index (χ3n) is 4.43. The second kappa shape index (κ2) is 8.03. The van der Waals surface area contributed by atoms with Crippen LogP contribution in [-0.4, -0.2) is 38.6 Å². The molecule has 0 amide bonds. The van der Waals surface area contributed by atoms with E-state index >= 15 is 0 Å². The maximum atomic E-state index is 12.9. The fraction of sp³-hybridized carbons (Fsp3) is 0.474. The van der Waals surface area contributed by atoms with Crippen molar-refractivity contribution in [3.05, 3.63) is 39.5 Å². The van der Waals surface area contributed by atoms with E-state index in [4.69, 9.17) is 4.74 Å². The van der Waals surface area contributed by atoms with Gasteiger partial charge in [0.05, 0.1) is 23.1 Å². The highest BCUT2D eigenvalue weighted by atomic mass is 32.2. The second-order valence-corrected chi connectivity index (χ2v) is 7.58. The van der Waals surface area contributed by atoms with Gasteiger partial charge in [-0.2, -0.15) is 0 Å². The molecule has 0 saturated heterocycles. The largest absolute Gasteiger partial charge is 0.462 e. The normalized spacial score (nSPS) is 12.1. The number of carbonyl (C=O) groups is 2. The number of esters is 1. The van der Waals surface area contributed by atoms with Gasteiger partial charge in [-0.1, -0.05) is 11.8 Å². The summed E-state index contributed by atoms with van der Waals surface area (Å²) in [5, 5.41) is 0.196. The maximum absolute atomic E-state index is 12.9. The van der Waals surface area contributed by atoms with Crippen LogP contribution in [0.2, 0.25) is 0 Å². The lowest BCUT2D eigenvalue weighted by Gasteiger charge is -2.11. The van der Waals surface area contributed by atoms with E-state index in [1.165, 1.54) is 11.8 Å². The Kier molecular flexibility index (Phi) is 6.23. The van der Waals surface area contributed by atoms with E-state index in [1.54, 1.807) is 20.8 Å². The number of thioether (sulfide) groups is 1. The average Bonchev–Trinajstić information content (AvgIpc) is 2.86. The molecule has 2 rings (SSSR count). The molecule has 1 N–H and O–H groups in total. The number of H-pyrrole nitrogens is 1. The molecule has 0 aliphatic rings. The molecule has 140 valence electrons. The first kappa shape index (κ1) is 20.2. The average molecular weight is 375 g/mol. The van der Waals surface area contributed by atoms with Crippen LogP contribution < -0.4 is 0 Å². The minimum absolute atomic E-state index is 0.0920. The molecular formula is C19H25N3O3S. The molecule has 0 unspecified atom stereocenters. The van der Waals surface area contributed by atoms with Crippen molar-refractivity contribution in [2.75, 3.05) is 6.61 Å². The van der Waals surface area contributed by atoms with Gasteiger partial charge >= 0.3 is 5.97 Å². The number of rotatable bonds is 6. The first-order valence-electron chi connectivity index (χ1n) is 8.56. The first-order chi connectivity index (χ1) is 12.2. The number of ether oxygens (including phenoxy) is 1. The number of carbonyl (C=O) groups excluding carboxylic acids is 2. The van der Waals surface area contributed by atoms with Gasteiger partial charge in [0.25, 0.3) is 0 Å². The fourth-order valence-electron chi connectivity index (χ4n) is 2.71. The molecule has 2 aromatic heterocycles. The van der Waals surface area contributed by atoms with E-state index in [0.717, 1.165) is 17.0 Å². The summed E-state index contributed by atoms with van der Waals surface area (Å²) in [6.45, 7) is 13.2. The summed E-state index contributed by atoms with van der Waals surface area (Å²) in [7, 11) is 0. The van der Waals surface area contributed by atoms with Gasteiger partial charge in [0, 0.05) is 17.1 Å². The molecule has 0 fully saturated rings. The van der Waals surface area contributed by atoms with Crippen LogP contribution in [0.3, 0.4) is 0 Å². The highest BCUT2D eigenvalue weighted by Crippen LogP contribution is 2.27. The lowest BCUT2D eigenvalue weighted by Crippen LogP contribution is -2.16. The van der Waals surface area contributed by atoms with Crippen LogP contribution in [0.15, 0.2) is 5.16 Å². The minimum atomic E-state index is -0.411. The summed E-state index contributed by atoms with van der Waals surface area (Å²) < 4.78 is 5.08. The van der Waals surface area contributed by atoms with Crippen molar-refractivity contribution in [2.45, 2.75) is 58.9 Å². The van der Waals surface area contributed by atoms with E-state index < -0.39 is 5.97 Å². The predicted molar refractivity (Wildman–Crippen MR) is 102 cm³/mol. The Morgan fingerprint density at radius 2 is 1.65 bits per heavy atom. The SMILES string of the molecule is CCOC(=O)c1c(C)[nH]c(C(=O)[C@H](C)Sc2nc(C)c(C)c(C)n2)c1C. The summed E-state index contributed by atoms with van der Waals surface area (Å²) in [5.41, 5.74) is 5.02. The van der Waals surface area contributed by atoms with Crippen LogP contribution in [0.5, 0.6) is 0 Å². The Balaban J connectivity index is 2.26. The molecule has 1 atom stereocenters. The molecule has 0 aliphatic heterocycles. The Labute approximate surface area is 158 Å². The topological polar surface area (TPSA) is 84.9 Å². The van der Waals surface area contributed by atoms with Gasteiger partial charge < -0.3 is 9.72 Å². The van der Waals surface area contributed by atoms with Gasteiger partial charge in [0.1, 0.15) is 0 Å². The van der Waals surface area contributed by atoms with E-state index in [2.05, 4.69) is 15.0 Å². The Morgan fingerprint density at radius 1 is 1.08 bits per heavy atom. The van der Waals surface area contributed by atoms with E-state index in [1.807, 2.05) is 27.7 Å². The molecule has 2 heterocycles. The minimum Gasteiger partial charge on any atom is -0.462 e. The van der Waals surface area contributed by atoms with Crippen molar-refractivity contribution in [2.24, 2.45) is 0 Å². The number of Topliss-reactive ketones (excluding diaryl/α,β-unsaturated/α-hetero) is 1. The Bertz CT molecular complexity index is 835. The van der Waals surface area contributed by atoms with E-state index in [-0.39, 0.29) is 11.0 Å².